The minimum atomic E-state index is 0.847. The molecule has 0 atom stereocenters. The zero-order valence-corrected chi connectivity index (χ0v) is 31.1. The molecule has 3 rings (SSSR count). The Morgan fingerprint density at radius 3 is 0.935 bits per heavy atom. The van der Waals surface area contributed by atoms with E-state index in [9.17, 15) is 0 Å². The Labute approximate surface area is 288 Å². The molecule has 0 bridgehead atoms. The lowest BCUT2D eigenvalue weighted by Crippen LogP contribution is -2.15. The molecule has 1 aromatic rings. The molecule has 0 unspecified atom stereocenters. The topological polar surface area (TPSA) is 18.5 Å². The standard InChI is InChI=1S/C44H78O2/c1-3-5-7-9-11-13-15-17-21-39-25-29-41(30-26-39)23-19-37-45-43-33-35-44(36-34-43)46-38-20-24-42-31-27-40(28-32-42)22-18-16-14-12-10-8-6-4-2/h33-36,39-42H,3-32,37-38H2,1-2H3/t39-,40-,41-,42-. The number of benzene rings is 1. The Kier molecular flexibility index (Phi) is 22.8. The minimum absolute atomic E-state index is 0.847. The normalized spacial score (nSPS) is 21.8. The summed E-state index contributed by atoms with van der Waals surface area (Å²) in [6.45, 7) is 6.31. The van der Waals surface area contributed by atoms with E-state index in [4.69, 9.17) is 9.47 Å². The van der Waals surface area contributed by atoms with Gasteiger partial charge in [-0.15, -0.1) is 0 Å². The Bertz CT molecular complexity index is 720. The molecular weight excluding hydrogens is 560 g/mol. The smallest absolute Gasteiger partial charge is 0.119 e. The maximum absolute atomic E-state index is 6.09. The Morgan fingerprint density at radius 2 is 0.630 bits per heavy atom. The molecule has 266 valence electrons. The van der Waals surface area contributed by atoms with Gasteiger partial charge in [0.05, 0.1) is 13.2 Å². The molecule has 2 fully saturated rings. The second-order valence-electron chi connectivity index (χ2n) is 15.8. The molecule has 0 spiro atoms. The van der Waals surface area contributed by atoms with Crippen LogP contribution in [0, 0.1) is 23.7 Å². The van der Waals surface area contributed by atoms with E-state index < -0.39 is 0 Å². The van der Waals surface area contributed by atoms with Crippen LogP contribution in [0.4, 0.5) is 0 Å². The van der Waals surface area contributed by atoms with Gasteiger partial charge in [0, 0.05) is 0 Å². The van der Waals surface area contributed by atoms with E-state index in [0.717, 1.165) is 48.4 Å². The minimum Gasteiger partial charge on any atom is -0.494 e. The quantitative estimate of drug-likeness (QED) is 0.0850. The third-order valence-corrected chi connectivity index (χ3v) is 11.7. The molecule has 0 aromatic heterocycles. The number of hydrogen-bond acceptors (Lipinski definition) is 2. The lowest BCUT2D eigenvalue weighted by Gasteiger charge is -2.28. The summed E-state index contributed by atoms with van der Waals surface area (Å²) < 4.78 is 12.2. The lowest BCUT2D eigenvalue weighted by molar-refractivity contribution is 0.226. The van der Waals surface area contributed by atoms with Gasteiger partial charge in [0.1, 0.15) is 11.5 Å². The van der Waals surface area contributed by atoms with Crippen molar-refractivity contribution in [3.05, 3.63) is 24.3 Å². The van der Waals surface area contributed by atoms with Crippen molar-refractivity contribution in [1.29, 1.82) is 0 Å². The summed E-state index contributed by atoms with van der Waals surface area (Å²) in [7, 11) is 0. The van der Waals surface area contributed by atoms with E-state index in [1.807, 2.05) is 0 Å². The van der Waals surface area contributed by atoms with Crippen molar-refractivity contribution in [1.82, 2.24) is 0 Å². The maximum atomic E-state index is 6.09. The average molecular weight is 639 g/mol. The zero-order valence-electron chi connectivity index (χ0n) is 31.1. The summed E-state index contributed by atoms with van der Waals surface area (Å²) in [6.07, 6.45) is 42.9. The molecule has 0 aliphatic heterocycles. The number of ether oxygens (including phenoxy) is 2. The van der Waals surface area contributed by atoms with Crippen molar-refractivity contribution >= 4 is 0 Å². The van der Waals surface area contributed by atoms with Crippen molar-refractivity contribution < 1.29 is 9.47 Å². The van der Waals surface area contributed by atoms with Crippen LogP contribution in [-0.4, -0.2) is 13.2 Å². The van der Waals surface area contributed by atoms with Crippen LogP contribution < -0.4 is 9.47 Å². The lowest BCUT2D eigenvalue weighted by atomic mass is 9.78. The molecule has 0 heterocycles. The summed E-state index contributed by atoms with van der Waals surface area (Å²) in [5.41, 5.74) is 0. The van der Waals surface area contributed by atoms with Gasteiger partial charge in [-0.25, -0.2) is 0 Å². The van der Waals surface area contributed by atoms with Gasteiger partial charge in [0.2, 0.25) is 0 Å². The highest BCUT2D eigenvalue weighted by molar-refractivity contribution is 5.31. The highest BCUT2D eigenvalue weighted by atomic mass is 16.5. The van der Waals surface area contributed by atoms with Crippen LogP contribution in [0.2, 0.25) is 0 Å². The van der Waals surface area contributed by atoms with E-state index in [-0.39, 0.29) is 0 Å². The molecule has 2 nitrogen and oxygen atoms in total. The molecule has 2 aliphatic rings. The number of unbranched alkanes of at least 4 members (excludes halogenated alkanes) is 14. The van der Waals surface area contributed by atoms with Crippen molar-refractivity contribution in [3.63, 3.8) is 0 Å². The molecule has 2 saturated carbocycles. The van der Waals surface area contributed by atoms with Crippen molar-refractivity contribution in [2.24, 2.45) is 23.7 Å². The predicted octanol–water partition coefficient (Wildman–Crippen LogP) is 14.7. The maximum Gasteiger partial charge on any atom is 0.119 e. The van der Waals surface area contributed by atoms with E-state index in [1.54, 1.807) is 0 Å². The van der Waals surface area contributed by atoms with Gasteiger partial charge >= 0.3 is 0 Å². The third kappa shape index (κ3) is 19.0. The van der Waals surface area contributed by atoms with E-state index in [0.29, 0.717) is 0 Å². The molecule has 0 radical (unpaired) electrons. The van der Waals surface area contributed by atoms with Crippen molar-refractivity contribution in [2.75, 3.05) is 13.2 Å². The molecule has 0 N–H and O–H groups in total. The van der Waals surface area contributed by atoms with Crippen LogP contribution in [-0.2, 0) is 0 Å². The summed E-state index contributed by atoms with van der Waals surface area (Å²) in [6, 6.07) is 8.39. The number of hydrogen-bond donors (Lipinski definition) is 0. The fourth-order valence-corrected chi connectivity index (χ4v) is 8.51. The fourth-order valence-electron chi connectivity index (χ4n) is 8.51. The SMILES string of the molecule is CCCCCCCCCC[C@H]1CC[C@H](CCCOc2ccc(OCCC[C@H]3CC[C@H](CCCCCCCCCC)CC3)cc2)CC1. The molecule has 46 heavy (non-hydrogen) atoms. The molecule has 2 heteroatoms. The zero-order chi connectivity index (χ0) is 32.3. The first-order valence-electron chi connectivity index (χ1n) is 21.1. The first kappa shape index (κ1) is 39.3. The Hall–Kier alpha value is -1.18. The summed E-state index contributed by atoms with van der Waals surface area (Å²) >= 11 is 0. The predicted molar refractivity (Wildman–Crippen MR) is 201 cm³/mol. The summed E-state index contributed by atoms with van der Waals surface area (Å²) in [4.78, 5) is 0. The van der Waals surface area contributed by atoms with Crippen LogP contribution in [0.3, 0.4) is 0 Å². The van der Waals surface area contributed by atoms with Crippen LogP contribution in [0.15, 0.2) is 24.3 Å². The monoisotopic (exact) mass is 639 g/mol. The van der Waals surface area contributed by atoms with E-state index in [2.05, 4.69) is 38.1 Å². The van der Waals surface area contributed by atoms with Gasteiger partial charge < -0.3 is 9.47 Å². The average Bonchev–Trinajstić information content (AvgIpc) is 3.09. The summed E-state index contributed by atoms with van der Waals surface area (Å²) in [5, 5.41) is 0. The Balaban J connectivity index is 1.10. The number of rotatable bonds is 28. The highest BCUT2D eigenvalue weighted by Crippen LogP contribution is 2.35. The molecule has 0 amide bonds. The highest BCUT2D eigenvalue weighted by Gasteiger charge is 2.21. The second-order valence-corrected chi connectivity index (χ2v) is 15.8. The van der Waals surface area contributed by atoms with Gasteiger partial charge in [-0.05, 0) is 73.6 Å². The van der Waals surface area contributed by atoms with Crippen molar-refractivity contribution in [2.45, 2.75) is 206 Å². The first-order chi connectivity index (χ1) is 22.8. The molecular formula is C44H78O2. The van der Waals surface area contributed by atoms with Crippen molar-refractivity contribution in [3.8, 4) is 11.5 Å². The van der Waals surface area contributed by atoms with Gasteiger partial charge in [0.25, 0.3) is 0 Å². The van der Waals surface area contributed by atoms with E-state index >= 15 is 0 Å². The fraction of sp³-hybridized carbons (Fsp3) is 0.864. The van der Waals surface area contributed by atoms with Gasteiger partial charge in [-0.2, -0.15) is 0 Å². The van der Waals surface area contributed by atoms with Crippen LogP contribution in [0.1, 0.15) is 206 Å². The molecule has 1 aromatic carbocycles. The van der Waals surface area contributed by atoms with Gasteiger partial charge in [0.15, 0.2) is 0 Å². The molecule has 0 saturated heterocycles. The van der Waals surface area contributed by atoms with Gasteiger partial charge in [-0.3, -0.25) is 0 Å². The first-order valence-corrected chi connectivity index (χ1v) is 21.1. The largest absolute Gasteiger partial charge is 0.494 e. The van der Waals surface area contributed by atoms with E-state index in [1.165, 1.54) is 193 Å². The third-order valence-electron chi connectivity index (χ3n) is 11.7. The van der Waals surface area contributed by atoms with Crippen LogP contribution in [0.5, 0.6) is 11.5 Å². The second kappa shape index (κ2) is 26.7. The van der Waals surface area contributed by atoms with Gasteiger partial charge in [-0.1, -0.05) is 181 Å². The van der Waals surface area contributed by atoms with Crippen LogP contribution >= 0.6 is 0 Å². The van der Waals surface area contributed by atoms with Crippen LogP contribution in [0.25, 0.3) is 0 Å². The summed E-state index contributed by atoms with van der Waals surface area (Å²) in [5.74, 6) is 5.88. The molecule has 2 aliphatic carbocycles. The Morgan fingerprint density at radius 1 is 0.370 bits per heavy atom.